The van der Waals surface area contributed by atoms with Crippen molar-refractivity contribution in [3.05, 3.63) is 34.6 Å². The fourth-order valence-corrected chi connectivity index (χ4v) is 3.25. The molecule has 1 aliphatic rings. The monoisotopic (exact) mass is 376 g/mol. The molecule has 2 aromatic rings. The van der Waals surface area contributed by atoms with E-state index in [9.17, 15) is 14.4 Å². The quantitative estimate of drug-likeness (QED) is 0.488. The second-order valence-electron chi connectivity index (χ2n) is 6.03. The molecule has 26 heavy (non-hydrogen) atoms. The summed E-state index contributed by atoms with van der Waals surface area (Å²) in [6.45, 7) is 0.254. The lowest BCUT2D eigenvalue weighted by atomic mass is 10.2. The molecule has 0 saturated heterocycles. The van der Waals surface area contributed by atoms with Gasteiger partial charge < -0.3 is 10.4 Å². The molecule has 0 spiro atoms. The Hall–Kier alpha value is -2.39. The minimum Gasteiger partial charge on any atom is -0.396 e. The topological polar surface area (TPSA) is 113 Å². The normalized spacial score (nSPS) is 13.6. The number of urea groups is 1. The van der Waals surface area contributed by atoms with E-state index < -0.39 is 11.9 Å². The average molecular weight is 376 g/mol. The molecule has 1 heterocycles. The molecular formula is C17H20N4O4S. The zero-order chi connectivity index (χ0) is 18.5. The number of fused-ring (bicyclic) bond motifs is 1. The van der Waals surface area contributed by atoms with Gasteiger partial charge in [-0.2, -0.15) is 0 Å². The number of carbonyl (C=O) groups is 2. The summed E-state index contributed by atoms with van der Waals surface area (Å²) in [6.07, 6.45) is 2.28. The van der Waals surface area contributed by atoms with Crippen LogP contribution in [-0.4, -0.2) is 45.0 Å². The molecule has 1 fully saturated rings. The van der Waals surface area contributed by atoms with E-state index >= 15 is 0 Å². The molecule has 8 nitrogen and oxygen atoms in total. The van der Waals surface area contributed by atoms with Gasteiger partial charge in [0, 0.05) is 19.2 Å². The zero-order valence-corrected chi connectivity index (χ0v) is 14.9. The largest absolute Gasteiger partial charge is 0.396 e. The van der Waals surface area contributed by atoms with Crippen LogP contribution in [0.4, 0.5) is 4.79 Å². The van der Waals surface area contributed by atoms with Crippen molar-refractivity contribution in [1.82, 2.24) is 20.2 Å². The van der Waals surface area contributed by atoms with Gasteiger partial charge in [-0.25, -0.2) is 9.78 Å². The number of hydrogen-bond donors (Lipinski definition) is 3. The number of aromatic nitrogens is 2. The van der Waals surface area contributed by atoms with Gasteiger partial charge in [-0.15, -0.1) is 0 Å². The average Bonchev–Trinajstić information content (AvgIpc) is 3.43. The molecular weight excluding hydrogens is 356 g/mol. The predicted octanol–water partition coefficient (Wildman–Crippen LogP) is 0.859. The van der Waals surface area contributed by atoms with Crippen LogP contribution in [0.25, 0.3) is 10.9 Å². The first-order valence-electron chi connectivity index (χ1n) is 8.42. The Balaban J connectivity index is 1.73. The van der Waals surface area contributed by atoms with Gasteiger partial charge in [-0.1, -0.05) is 23.9 Å². The Labute approximate surface area is 154 Å². The number of aliphatic hydroxyl groups is 1. The lowest BCUT2D eigenvalue weighted by Crippen LogP contribution is -2.41. The van der Waals surface area contributed by atoms with Gasteiger partial charge in [0.15, 0.2) is 5.16 Å². The summed E-state index contributed by atoms with van der Waals surface area (Å²) in [4.78, 5) is 40.7. The number of carbonyl (C=O) groups excluding carboxylic acids is 2. The number of aliphatic hydroxyl groups excluding tert-OH is 1. The van der Waals surface area contributed by atoms with Gasteiger partial charge in [-0.3, -0.25) is 19.5 Å². The Bertz CT molecular complexity index is 879. The first kappa shape index (κ1) is 18.4. The van der Waals surface area contributed by atoms with E-state index in [0.717, 1.165) is 24.6 Å². The maximum absolute atomic E-state index is 12.7. The number of hydrogen-bond acceptors (Lipinski definition) is 6. The molecule has 138 valence electrons. The lowest BCUT2D eigenvalue weighted by molar-refractivity contribution is -0.117. The van der Waals surface area contributed by atoms with Gasteiger partial charge >= 0.3 is 6.03 Å². The second kappa shape index (κ2) is 8.33. The first-order valence-corrected chi connectivity index (χ1v) is 9.40. The van der Waals surface area contributed by atoms with Crippen molar-refractivity contribution in [3.63, 3.8) is 0 Å². The summed E-state index contributed by atoms with van der Waals surface area (Å²) in [6, 6.07) is 6.66. The fraction of sp³-hybridized carbons (Fsp3) is 0.412. The number of imide groups is 1. The third kappa shape index (κ3) is 4.61. The molecule has 1 aliphatic carbocycles. The summed E-state index contributed by atoms with van der Waals surface area (Å²) in [5.41, 5.74) is 0.338. The first-order chi connectivity index (χ1) is 12.6. The van der Waals surface area contributed by atoms with Gasteiger partial charge in [0.05, 0.1) is 16.7 Å². The van der Waals surface area contributed by atoms with Crippen LogP contribution in [0.1, 0.15) is 19.3 Å². The highest BCUT2D eigenvalue weighted by molar-refractivity contribution is 7.99. The van der Waals surface area contributed by atoms with E-state index in [2.05, 4.69) is 15.6 Å². The minimum atomic E-state index is -0.498. The lowest BCUT2D eigenvalue weighted by Gasteiger charge is -2.12. The van der Waals surface area contributed by atoms with Crippen LogP contribution < -0.4 is 16.2 Å². The van der Waals surface area contributed by atoms with Crippen molar-refractivity contribution in [3.8, 4) is 0 Å². The molecule has 0 atom stereocenters. The number of benzene rings is 1. The second-order valence-corrected chi connectivity index (χ2v) is 6.97. The van der Waals surface area contributed by atoms with Crippen LogP contribution in [0.15, 0.2) is 34.2 Å². The fourth-order valence-electron chi connectivity index (χ4n) is 2.43. The molecule has 0 bridgehead atoms. The molecule has 9 heteroatoms. The van der Waals surface area contributed by atoms with Crippen molar-refractivity contribution >= 4 is 34.6 Å². The highest BCUT2D eigenvalue weighted by Gasteiger charge is 2.24. The molecule has 3 rings (SSSR count). The molecule has 0 aliphatic heterocycles. The maximum Gasteiger partial charge on any atom is 0.321 e. The molecule has 0 radical (unpaired) electrons. The van der Waals surface area contributed by atoms with E-state index in [1.807, 2.05) is 0 Å². The Morgan fingerprint density at radius 3 is 2.81 bits per heavy atom. The molecule has 3 N–H and O–H groups in total. The number of para-hydroxylation sites is 1. The molecule has 3 amide bonds. The van der Waals surface area contributed by atoms with Crippen LogP contribution in [0, 0.1) is 0 Å². The Kier molecular flexibility index (Phi) is 5.89. The van der Waals surface area contributed by atoms with Crippen molar-refractivity contribution in [2.24, 2.45) is 0 Å². The molecule has 0 unspecified atom stereocenters. The van der Waals surface area contributed by atoms with Crippen LogP contribution in [0.5, 0.6) is 0 Å². The smallest absolute Gasteiger partial charge is 0.321 e. The Morgan fingerprint density at radius 1 is 1.31 bits per heavy atom. The van der Waals surface area contributed by atoms with Crippen LogP contribution in [0.2, 0.25) is 0 Å². The molecule has 1 saturated carbocycles. The third-order valence-electron chi connectivity index (χ3n) is 3.86. The maximum atomic E-state index is 12.7. The zero-order valence-electron chi connectivity index (χ0n) is 14.1. The highest BCUT2D eigenvalue weighted by atomic mass is 32.2. The van der Waals surface area contributed by atoms with Crippen molar-refractivity contribution in [2.45, 2.75) is 37.0 Å². The van der Waals surface area contributed by atoms with Crippen molar-refractivity contribution in [1.29, 1.82) is 0 Å². The van der Waals surface area contributed by atoms with E-state index in [4.69, 9.17) is 5.11 Å². The van der Waals surface area contributed by atoms with E-state index in [1.54, 1.807) is 24.3 Å². The van der Waals surface area contributed by atoms with Gasteiger partial charge in [0.25, 0.3) is 5.56 Å². The van der Waals surface area contributed by atoms with Gasteiger partial charge in [0.2, 0.25) is 5.91 Å². The van der Waals surface area contributed by atoms with Crippen LogP contribution in [-0.2, 0) is 11.3 Å². The summed E-state index contributed by atoms with van der Waals surface area (Å²) in [5, 5.41) is 14.9. The summed E-state index contributed by atoms with van der Waals surface area (Å²) < 4.78 is 1.46. The van der Waals surface area contributed by atoms with Gasteiger partial charge in [0.1, 0.15) is 0 Å². The SMILES string of the molecule is O=C(CSc1nc2ccccc2c(=O)n1CCCO)NC(=O)NC1CC1. The number of rotatable bonds is 7. The molecule has 1 aromatic heterocycles. The summed E-state index contributed by atoms with van der Waals surface area (Å²) in [5.74, 6) is -0.494. The number of nitrogens with zero attached hydrogens (tertiary/aromatic N) is 2. The van der Waals surface area contributed by atoms with Crippen molar-refractivity contribution < 1.29 is 14.7 Å². The van der Waals surface area contributed by atoms with Crippen LogP contribution >= 0.6 is 11.8 Å². The summed E-state index contributed by atoms with van der Waals surface area (Å²) in [7, 11) is 0. The number of amides is 3. The Morgan fingerprint density at radius 2 is 2.08 bits per heavy atom. The summed E-state index contributed by atoms with van der Waals surface area (Å²) >= 11 is 1.09. The third-order valence-corrected chi connectivity index (χ3v) is 4.84. The number of thioether (sulfide) groups is 1. The minimum absolute atomic E-state index is 0.0397. The van der Waals surface area contributed by atoms with E-state index in [0.29, 0.717) is 29.0 Å². The van der Waals surface area contributed by atoms with Gasteiger partial charge in [-0.05, 0) is 31.4 Å². The van der Waals surface area contributed by atoms with E-state index in [1.165, 1.54) is 4.57 Å². The standard InChI is InChI=1S/C17H20N4O4S/c22-9-3-8-21-15(24)12-4-1-2-5-13(12)19-17(21)26-10-14(23)20-16(25)18-11-6-7-11/h1-2,4-5,11,22H,3,6-10H2,(H2,18,20,23,25). The number of nitrogens with one attached hydrogen (secondary N) is 2. The van der Waals surface area contributed by atoms with Crippen molar-refractivity contribution in [2.75, 3.05) is 12.4 Å². The highest BCUT2D eigenvalue weighted by Crippen LogP contribution is 2.19. The molecule has 1 aromatic carbocycles. The van der Waals surface area contributed by atoms with Crippen LogP contribution in [0.3, 0.4) is 0 Å². The van der Waals surface area contributed by atoms with E-state index in [-0.39, 0.29) is 24.0 Å². The predicted molar refractivity (Wildman–Crippen MR) is 98.1 cm³/mol.